The van der Waals surface area contributed by atoms with Gasteiger partial charge in [-0.25, -0.2) is 0 Å². The molecule has 1 aliphatic carbocycles. The zero-order chi connectivity index (χ0) is 12.9. The zero-order valence-corrected chi connectivity index (χ0v) is 13.4. The fourth-order valence-electron chi connectivity index (χ4n) is 2.16. The van der Waals surface area contributed by atoms with Crippen molar-refractivity contribution in [2.45, 2.75) is 55.1 Å². The summed E-state index contributed by atoms with van der Waals surface area (Å²) in [5.41, 5.74) is 1.38. The van der Waals surface area contributed by atoms with E-state index in [1.807, 2.05) is 0 Å². The molecule has 0 aromatic rings. The summed E-state index contributed by atoms with van der Waals surface area (Å²) in [5, 5.41) is 8.94. The van der Waals surface area contributed by atoms with Gasteiger partial charge in [-0.15, -0.1) is 0 Å². The molecule has 0 atom stereocenters. The van der Waals surface area contributed by atoms with Crippen molar-refractivity contribution < 1.29 is 9.90 Å². The Kier molecular flexibility index (Phi) is 6.21. The third-order valence-corrected chi connectivity index (χ3v) is 4.51. The molecule has 1 saturated carbocycles. The highest BCUT2D eigenvalue weighted by Crippen LogP contribution is 2.38. The van der Waals surface area contributed by atoms with E-state index < -0.39 is 5.97 Å². The number of carbonyl (C=O) groups is 1. The lowest BCUT2D eigenvalue weighted by atomic mass is 9.85. The van der Waals surface area contributed by atoms with Gasteiger partial charge in [-0.3, -0.25) is 4.79 Å². The van der Waals surface area contributed by atoms with E-state index in [2.05, 4.69) is 44.9 Å². The van der Waals surface area contributed by atoms with Crippen molar-refractivity contribution in [1.29, 1.82) is 0 Å². The van der Waals surface area contributed by atoms with Crippen LogP contribution in [0.15, 0.2) is 11.6 Å². The first-order valence-electron chi connectivity index (χ1n) is 6.26. The van der Waals surface area contributed by atoms with Crippen molar-refractivity contribution in [2.24, 2.45) is 5.92 Å². The first-order chi connectivity index (χ1) is 7.94. The van der Waals surface area contributed by atoms with Gasteiger partial charge in [0, 0.05) is 0 Å². The first-order valence-corrected chi connectivity index (χ1v) is 7.84. The standard InChI is InChI=1S/C13H20Br2O2/c1-2-3-8-13(14,15)9-10-4-6-11(7-5-10)12(16)17/h9,11H,2-8H2,1H3,(H,16,17). The van der Waals surface area contributed by atoms with E-state index in [0.717, 1.165) is 32.1 Å². The second kappa shape index (κ2) is 6.93. The molecule has 4 heteroatoms. The van der Waals surface area contributed by atoms with E-state index in [9.17, 15) is 4.79 Å². The minimum absolute atomic E-state index is 0.0958. The predicted molar refractivity (Wildman–Crippen MR) is 77.8 cm³/mol. The Bertz CT molecular complexity index is 288. The quantitative estimate of drug-likeness (QED) is 0.556. The molecule has 98 valence electrons. The summed E-state index contributed by atoms with van der Waals surface area (Å²) in [6, 6.07) is 0. The summed E-state index contributed by atoms with van der Waals surface area (Å²) in [7, 11) is 0. The molecule has 1 fully saturated rings. The van der Waals surface area contributed by atoms with Crippen molar-refractivity contribution in [3.05, 3.63) is 11.6 Å². The first kappa shape index (κ1) is 15.2. The van der Waals surface area contributed by atoms with Crippen LogP contribution in [0.1, 0.15) is 51.9 Å². The molecule has 0 aromatic carbocycles. The number of allylic oxidation sites excluding steroid dienone is 2. The summed E-state index contributed by atoms with van der Waals surface area (Å²) >= 11 is 7.37. The molecule has 1 N–H and O–H groups in total. The van der Waals surface area contributed by atoms with E-state index in [1.165, 1.54) is 18.4 Å². The van der Waals surface area contributed by atoms with Crippen molar-refractivity contribution in [1.82, 2.24) is 0 Å². The van der Waals surface area contributed by atoms with E-state index in [4.69, 9.17) is 5.11 Å². The lowest BCUT2D eigenvalue weighted by molar-refractivity contribution is -0.142. The maximum atomic E-state index is 10.8. The highest BCUT2D eigenvalue weighted by Gasteiger charge is 2.25. The fraction of sp³-hybridized carbons (Fsp3) is 0.769. The monoisotopic (exact) mass is 366 g/mol. The van der Waals surface area contributed by atoms with Gasteiger partial charge in [0.25, 0.3) is 0 Å². The van der Waals surface area contributed by atoms with Crippen LogP contribution in [0.5, 0.6) is 0 Å². The van der Waals surface area contributed by atoms with E-state index in [1.54, 1.807) is 0 Å². The minimum atomic E-state index is -0.640. The molecule has 17 heavy (non-hydrogen) atoms. The number of carboxylic acid groups (broad SMARTS) is 1. The molecule has 2 nitrogen and oxygen atoms in total. The molecule has 0 heterocycles. The van der Waals surface area contributed by atoms with Gasteiger partial charge in [0.2, 0.25) is 0 Å². The number of carboxylic acids is 1. The topological polar surface area (TPSA) is 37.3 Å². The highest BCUT2D eigenvalue weighted by molar-refractivity contribution is 9.25. The average Bonchev–Trinajstić information content (AvgIpc) is 2.26. The van der Waals surface area contributed by atoms with Gasteiger partial charge in [0.15, 0.2) is 0 Å². The number of hydrogen-bond acceptors (Lipinski definition) is 1. The second-order valence-corrected chi connectivity index (χ2v) is 8.67. The molecule has 1 aliphatic rings. The lowest BCUT2D eigenvalue weighted by Crippen LogP contribution is -2.19. The van der Waals surface area contributed by atoms with Crippen molar-refractivity contribution in [3.8, 4) is 0 Å². The van der Waals surface area contributed by atoms with E-state index in [0.29, 0.717) is 0 Å². The van der Waals surface area contributed by atoms with Crippen LogP contribution < -0.4 is 0 Å². The lowest BCUT2D eigenvalue weighted by Gasteiger charge is -2.24. The third kappa shape index (κ3) is 5.56. The highest BCUT2D eigenvalue weighted by atomic mass is 79.9. The average molecular weight is 368 g/mol. The SMILES string of the molecule is CCCCC(Br)(Br)C=C1CCC(C(=O)O)CC1. The number of rotatable bonds is 5. The Morgan fingerprint density at radius 1 is 1.47 bits per heavy atom. The molecule has 0 unspecified atom stereocenters. The zero-order valence-electron chi connectivity index (χ0n) is 10.2. The number of alkyl halides is 2. The Morgan fingerprint density at radius 2 is 2.06 bits per heavy atom. The van der Waals surface area contributed by atoms with Crippen molar-refractivity contribution >= 4 is 37.8 Å². The van der Waals surface area contributed by atoms with Crippen LogP contribution in [0.4, 0.5) is 0 Å². The normalized spacial score (nSPS) is 21.4. The van der Waals surface area contributed by atoms with Gasteiger partial charge in [0.05, 0.1) is 9.15 Å². The minimum Gasteiger partial charge on any atom is -0.481 e. The molecular weight excluding hydrogens is 348 g/mol. The van der Waals surface area contributed by atoms with Crippen LogP contribution in [0.3, 0.4) is 0 Å². The van der Waals surface area contributed by atoms with Crippen LogP contribution in [-0.4, -0.2) is 14.3 Å². The molecule has 0 bridgehead atoms. The van der Waals surface area contributed by atoms with Crippen molar-refractivity contribution in [2.75, 3.05) is 0 Å². The maximum absolute atomic E-state index is 10.8. The third-order valence-electron chi connectivity index (χ3n) is 3.26. The number of halogens is 2. The van der Waals surface area contributed by atoms with Crippen LogP contribution in [-0.2, 0) is 4.79 Å². The van der Waals surface area contributed by atoms with E-state index in [-0.39, 0.29) is 9.15 Å². The molecule has 0 radical (unpaired) electrons. The molecular formula is C13H20Br2O2. The molecule has 1 rings (SSSR count). The second-order valence-electron chi connectivity index (χ2n) is 4.78. The molecule has 0 amide bonds. The summed E-state index contributed by atoms with van der Waals surface area (Å²) in [5.74, 6) is -0.776. The molecule has 0 spiro atoms. The van der Waals surface area contributed by atoms with Gasteiger partial charge < -0.3 is 5.11 Å². The van der Waals surface area contributed by atoms with Crippen LogP contribution in [0.2, 0.25) is 0 Å². The Morgan fingerprint density at radius 3 is 2.53 bits per heavy atom. The number of unbranched alkanes of at least 4 members (excludes halogenated alkanes) is 1. The Hall–Kier alpha value is 0.170. The fourth-order valence-corrected chi connectivity index (χ4v) is 3.37. The van der Waals surface area contributed by atoms with E-state index >= 15 is 0 Å². The number of aliphatic carboxylic acids is 1. The molecule has 0 saturated heterocycles. The van der Waals surface area contributed by atoms with Gasteiger partial charge in [0.1, 0.15) is 0 Å². The maximum Gasteiger partial charge on any atom is 0.306 e. The van der Waals surface area contributed by atoms with Crippen molar-refractivity contribution in [3.63, 3.8) is 0 Å². The number of hydrogen-bond donors (Lipinski definition) is 1. The summed E-state index contributed by atoms with van der Waals surface area (Å²) in [6.07, 6.45) is 9.07. The largest absolute Gasteiger partial charge is 0.481 e. The smallest absolute Gasteiger partial charge is 0.306 e. The summed E-state index contributed by atoms with van der Waals surface area (Å²) < 4.78 is -0.0958. The Labute approximate surface area is 120 Å². The molecule has 0 aliphatic heterocycles. The van der Waals surface area contributed by atoms with Crippen LogP contribution in [0, 0.1) is 5.92 Å². The van der Waals surface area contributed by atoms with Gasteiger partial charge >= 0.3 is 5.97 Å². The van der Waals surface area contributed by atoms with Gasteiger partial charge in [-0.2, -0.15) is 0 Å². The van der Waals surface area contributed by atoms with Gasteiger partial charge in [-0.05, 0) is 32.1 Å². The van der Waals surface area contributed by atoms with Gasteiger partial charge in [-0.1, -0.05) is 63.3 Å². The van der Waals surface area contributed by atoms with Crippen LogP contribution >= 0.6 is 31.9 Å². The summed E-state index contributed by atoms with van der Waals surface area (Å²) in [4.78, 5) is 10.8. The molecule has 0 aromatic heterocycles. The summed E-state index contributed by atoms with van der Waals surface area (Å²) in [6.45, 7) is 2.18. The van der Waals surface area contributed by atoms with Crippen LogP contribution in [0.25, 0.3) is 0 Å². The predicted octanol–water partition coefficient (Wildman–Crippen LogP) is 4.86. The Balaban J connectivity index is 2.49.